The Labute approximate surface area is 131 Å². The number of hydrogen-bond donors (Lipinski definition) is 0. The second kappa shape index (κ2) is 6.64. The summed E-state index contributed by atoms with van der Waals surface area (Å²) in [7, 11) is 1.71. The Morgan fingerprint density at radius 3 is 2.55 bits per heavy atom. The van der Waals surface area contributed by atoms with Crippen molar-refractivity contribution in [3.8, 4) is 5.75 Å². The zero-order chi connectivity index (χ0) is 15.4. The lowest BCUT2D eigenvalue weighted by Gasteiger charge is -2.36. The van der Waals surface area contributed by atoms with Crippen molar-refractivity contribution in [2.24, 2.45) is 0 Å². The molecule has 0 aliphatic carbocycles. The fraction of sp³-hybridized carbons (Fsp3) is 0.412. The van der Waals surface area contributed by atoms with Crippen LogP contribution in [0.2, 0.25) is 0 Å². The summed E-state index contributed by atoms with van der Waals surface area (Å²) in [6.45, 7) is 6.03. The van der Waals surface area contributed by atoms with Crippen LogP contribution in [0.3, 0.4) is 0 Å². The fourth-order valence-electron chi connectivity index (χ4n) is 2.75. The highest BCUT2D eigenvalue weighted by Crippen LogP contribution is 2.23. The molecule has 0 N–H and O–H groups in total. The van der Waals surface area contributed by atoms with Gasteiger partial charge in [0.25, 0.3) is 0 Å². The summed E-state index contributed by atoms with van der Waals surface area (Å²) in [5, 5.41) is 0. The van der Waals surface area contributed by atoms with Crippen LogP contribution in [-0.2, 0) is 6.42 Å². The van der Waals surface area contributed by atoms with Gasteiger partial charge in [0.2, 0.25) is 0 Å². The first-order valence-electron chi connectivity index (χ1n) is 7.75. The molecule has 2 heterocycles. The van der Waals surface area contributed by atoms with Crippen LogP contribution in [-0.4, -0.2) is 43.3 Å². The van der Waals surface area contributed by atoms with Crippen molar-refractivity contribution < 1.29 is 4.74 Å². The van der Waals surface area contributed by atoms with Crippen molar-refractivity contribution in [3.63, 3.8) is 0 Å². The van der Waals surface area contributed by atoms with Crippen LogP contribution < -0.4 is 14.5 Å². The van der Waals surface area contributed by atoms with Gasteiger partial charge >= 0.3 is 0 Å². The highest BCUT2D eigenvalue weighted by molar-refractivity contribution is 5.52. The van der Waals surface area contributed by atoms with Gasteiger partial charge in [-0.3, -0.25) is 0 Å². The van der Waals surface area contributed by atoms with Crippen LogP contribution in [0.4, 0.5) is 11.5 Å². The predicted molar refractivity (Wildman–Crippen MR) is 88.8 cm³/mol. The monoisotopic (exact) mass is 298 g/mol. The number of aromatic nitrogens is 2. The zero-order valence-corrected chi connectivity index (χ0v) is 13.2. The maximum atomic E-state index is 5.31. The van der Waals surface area contributed by atoms with E-state index in [9.17, 15) is 0 Å². The topological polar surface area (TPSA) is 41.5 Å². The van der Waals surface area contributed by atoms with Crippen LogP contribution in [0.25, 0.3) is 0 Å². The Morgan fingerprint density at radius 2 is 1.82 bits per heavy atom. The molecule has 1 aliphatic rings. The minimum Gasteiger partial charge on any atom is -0.497 e. The SMILES string of the molecule is CCc1cc(N2CCN(c3cccc(OC)c3)CC2)ncn1. The number of ether oxygens (including phenoxy) is 1. The van der Waals surface area contributed by atoms with E-state index >= 15 is 0 Å². The van der Waals surface area contributed by atoms with Crippen molar-refractivity contribution in [1.82, 2.24) is 9.97 Å². The number of benzene rings is 1. The molecule has 1 aromatic heterocycles. The Kier molecular flexibility index (Phi) is 4.42. The van der Waals surface area contributed by atoms with Gasteiger partial charge in [-0.15, -0.1) is 0 Å². The zero-order valence-electron chi connectivity index (χ0n) is 13.2. The minimum absolute atomic E-state index is 0.906. The molecular formula is C17H22N4O. The summed E-state index contributed by atoms with van der Waals surface area (Å²) in [5.41, 5.74) is 2.32. The number of anilines is 2. The first-order chi connectivity index (χ1) is 10.8. The highest BCUT2D eigenvalue weighted by atomic mass is 16.5. The van der Waals surface area contributed by atoms with Crippen LogP contribution in [0.15, 0.2) is 36.7 Å². The van der Waals surface area contributed by atoms with Crippen LogP contribution in [0.5, 0.6) is 5.75 Å². The molecule has 1 fully saturated rings. The van der Waals surface area contributed by atoms with E-state index in [4.69, 9.17) is 4.74 Å². The summed E-state index contributed by atoms with van der Waals surface area (Å²) < 4.78 is 5.31. The van der Waals surface area contributed by atoms with E-state index in [1.165, 1.54) is 5.69 Å². The Balaban J connectivity index is 1.66. The molecule has 5 nitrogen and oxygen atoms in total. The third-order valence-corrected chi connectivity index (χ3v) is 4.09. The average molecular weight is 298 g/mol. The molecule has 116 valence electrons. The van der Waals surface area contributed by atoms with Gasteiger partial charge in [0, 0.05) is 49.7 Å². The van der Waals surface area contributed by atoms with E-state index in [1.807, 2.05) is 12.1 Å². The normalized spacial score (nSPS) is 15.0. The molecule has 22 heavy (non-hydrogen) atoms. The van der Waals surface area contributed by atoms with E-state index in [0.717, 1.165) is 49.9 Å². The lowest BCUT2D eigenvalue weighted by Crippen LogP contribution is -2.46. The lowest BCUT2D eigenvalue weighted by molar-refractivity contribution is 0.414. The fourth-order valence-corrected chi connectivity index (χ4v) is 2.75. The number of aryl methyl sites for hydroxylation is 1. The molecule has 0 radical (unpaired) electrons. The number of methoxy groups -OCH3 is 1. The molecule has 3 rings (SSSR count). The maximum absolute atomic E-state index is 5.31. The average Bonchev–Trinajstić information content (AvgIpc) is 2.62. The summed E-state index contributed by atoms with van der Waals surface area (Å²) in [4.78, 5) is 13.4. The quantitative estimate of drug-likeness (QED) is 0.867. The van der Waals surface area contributed by atoms with Gasteiger partial charge in [0.05, 0.1) is 7.11 Å². The van der Waals surface area contributed by atoms with Gasteiger partial charge in [0.15, 0.2) is 0 Å². The summed E-state index contributed by atoms with van der Waals surface area (Å²) in [6, 6.07) is 10.3. The Morgan fingerprint density at radius 1 is 1.05 bits per heavy atom. The maximum Gasteiger partial charge on any atom is 0.132 e. The van der Waals surface area contributed by atoms with E-state index < -0.39 is 0 Å². The third kappa shape index (κ3) is 3.13. The number of rotatable bonds is 4. The van der Waals surface area contributed by atoms with Gasteiger partial charge in [-0.05, 0) is 18.6 Å². The van der Waals surface area contributed by atoms with Gasteiger partial charge in [-0.2, -0.15) is 0 Å². The van der Waals surface area contributed by atoms with Crippen molar-refractivity contribution in [2.45, 2.75) is 13.3 Å². The smallest absolute Gasteiger partial charge is 0.132 e. The molecule has 5 heteroatoms. The van der Waals surface area contributed by atoms with Gasteiger partial charge in [0.1, 0.15) is 17.9 Å². The first kappa shape index (κ1) is 14.6. The van der Waals surface area contributed by atoms with E-state index in [2.05, 4.69) is 44.9 Å². The van der Waals surface area contributed by atoms with E-state index in [-0.39, 0.29) is 0 Å². The van der Waals surface area contributed by atoms with Crippen molar-refractivity contribution in [1.29, 1.82) is 0 Å². The molecule has 0 spiro atoms. The molecule has 1 aromatic carbocycles. The second-order valence-corrected chi connectivity index (χ2v) is 5.40. The first-order valence-corrected chi connectivity index (χ1v) is 7.75. The van der Waals surface area contributed by atoms with E-state index in [0.29, 0.717) is 0 Å². The third-order valence-electron chi connectivity index (χ3n) is 4.09. The van der Waals surface area contributed by atoms with E-state index in [1.54, 1.807) is 13.4 Å². The number of nitrogens with zero attached hydrogens (tertiary/aromatic N) is 4. The van der Waals surface area contributed by atoms with Crippen LogP contribution >= 0.6 is 0 Å². The Hall–Kier alpha value is -2.30. The Bertz CT molecular complexity index is 568. The largest absolute Gasteiger partial charge is 0.497 e. The van der Waals surface area contributed by atoms with Crippen LogP contribution in [0.1, 0.15) is 12.6 Å². The van der Waals surface area contributed by atoms with Crippen molar-refractivity contribution in [3.05, 3.63) is 42.4 Å². The van der Waals surface area contributed by atoms with Gasteiger partial charge in [-0.25, -0.2) is 9.97 Å². The standard InChI is InChI=1S/C17H22N4O/c1-3-14-11-17(19-13-18-14)21-9-7-20(8-10-21)15-5-4-6-16(12-15)22-2/h4-6,11-13H,3,7-10H2,1-2H3. The molecule has 0 unspecified atom stereocenters. The minimum atomic E-state index is 0.906. The molecule has 0 bridgehead atoms. The molecule has 0 atom stereocenters. The predicted octanol–water partition coefficient (Wildman–Crippen LogP) is 2.37. The van der Waals surface area contributed by atoms with Gasteiger partial charge in [-0.1, -0.05) is 13.0 Å². The summed E-state index contributed by atoms with van der Waals surface area (Å²) in [5.74, 6) is 1.94. The van der Waals surface area contributed by atoms with Crippen molar-refractivity contribution >= 4 is 11.5 Å². The lowest BCUT2D eigenvalue weighted by atomic mass is 10.2. The molecule has 1 saturated heterocycles. The summed E-state index contributed by atoms with van der Waals surface area (Å²) >= 11 is 0. The number of hydrogen-bond acceptors (Lipinski definition) is 5. The molecule has 0 saturated carbocycles. The van der Waals surface area contributed by atoms with Crippen LogP contribution in [0, 0.1) is 0 Å². The molecule has 2 aromatic rings. The highest BCUT2D eigenvalue weighted by Gasteiger charge is 2.18. The second-order valence-electron chi connectivity index (χ2n) is 5.40. The molecule has 1 aliphatic heterocycles. The van der Waals surface area contributed by atoms with Crippen molar-refractivity contribution in [2.75, 3.05) is 43.1 Å². The molecular weight excluding hydrogens is 276 g/mol. The molecule has 0 amide bonds. The van der Waals surface area contributed by atoms with Gasteiger partial charge < -0.3 is 14.5 Å². The number of piperazine rings is 1. The summed E-state index contributed by atoms with van der Waals surface area (Å²) in [6.07, 6.45) is 2.61.